The van der Waals surface area contributed by atoms with Crippen molar-refractivity contribution >= 4 is 35.3 Å². The Bertz CT molecular complexity index is 1260. The van der Waals surface area contributed by atoms with Crippen LogP contribution in [0.15, 0.2) is 90.0 Å². The van der Waals surface area contributed by atoms with Crippen molar-refractivity contribution in [2.45, 2.75) is 6.36 Å². The van der Waals surface area contributed by atoms with Crippen LogP contribution in [0.1, 0.15) is 5.56 Å². The van der Waals surface area contributed by atoms with Gasteiger partial charge in [-0.3, -0.25) is 0 Å². The Hall–Kier alpha value is -4.11. The lowest BCUT2D eigenvalue weighted by Gasteiger charge is -2.10. The first-order valence-corrected chi connectivity index (χ1v) is 10.3. The number of hydrogen-bond donors (Lipinski definition) is 2. The summed E-state index contributed by atoms with van der Waals surface area (Å²) < 4.78 is 40.7. The van der Waals surface area contributed by atoms with Crippen LogP contribution in [0.25, 0.3) is 11.3 Å². The number of halogens is 4. The molecule has 0 radical (unpaired) electrons. The minimum Gasteiger partial charge on any atom is -0.406 e. The maximum Gasteiger partial charge on any atom is 0.573 e. The van der Waals surface area contributed by atoms with Crippen molar-refractivity contribution in [3.05, 3.63) is 95.5 Å². The molecular weight excluding hydrogens is 467 g/mol. The predicted octanol–water partition coefficient (Wildman–Crippen LogP) is 6.89. The summed E-state index contributed by atoms with van der Waals surface area (Å²) in [7, 11) is 0. The molecule has 0 aliphatic carbocycles. The molecule has 0 amide bonds. The summed E-state index contributed by atoms with van der Waals surface area (Å²) in [5.74, 6) is 0.447. The van der Waals surface area contributed by atoms with Crippen LogP contribution in [-0.2, 0) is 0 Å². The summed E-state index contributed by atoms with van der Waals surface area (Å²) in [6.07, 6.45) is -3.31. The molecule has 4 aromatic rings. The molecule has 2 N–H and O–H groups in total. The van der Waals surface area contributed by atoms with Gasteiger partial charge in [-0.25, -0.2) is 10.4 Å². The number of benzene rings is 3. The zero-order valence-electron chi connectivity index (χ0n) is 17.4. The largest absolute Gasteiger partial charge is 0.573 e. The molecule has 34 heavy (non-hydrogen) atoms. The maximum atomic E-state index is 12.3. The van der Waals surface area contributed by atoms with Gasteiger partial charge in [0.1, 0.15) is 11.6 Å². The molecular formula is C24H17ClF3N5O. The number of ether oxygens (including phenoxy) is 1. The molecule has 0 fully saturated rings. The first-order valence-electron chi connectivity index (χ1n) is 9.96. The van der Waals surface area contributed by atoms with E-state index in [0.717, 1.165) is 11.3 Å². The van der Waals surface area contributed by atoms with Gasteiger partial charge in [-0.15, -0.1) is 13.2 Å². The molecule has 3 aromatic carbocycles. The molecule has 0 aliphatic rings. The molecule has 0 saturated carbocycles. The molecule has 0 atom stereocenters. The highest BCUT2D eigenvalue weighted by Crippen LogP contribution is 2.25. The molecule has 0 spiro atoms. The van der Waals surface area contributed by atoms with E-state index in [2.05, 4.69) is 30.5 Å². The Balaban J connectivity index is 1.53. The summed E-state index contributed by atoms with van der Waals surface area (Å²) in [5, 5.41) is 7.93. The van der Waals surface area contributed by atoms with Gasteiger partial charge in [0.15, 0.2) is 0 Å². The van der Waals surface area contributed by atoms with E-state index < -0.39 is 6.36 Å². The normalized spacial score (nSPS) is 11.4. The molecule has 0 saturated heterocycles. The van der Waals surface area contributed by atoms with Gasteiger partial charge < -0.3 is 10.1 Å². The lowest BCUT2D eigenvalue weighted by molar-refractivity contribution is -0.274. The van der Waals surface area contributed by atoms with E-state index in [9.17, 15) is 13.2 Å². The van der Waals surface area contributed by atoms with Crippen molar-refractivity contribution in [2.75, 3.05) is 10.7 Å². The highest BCUT2D eigenvalue weighted by molar-refractivity contribution is 6.30. The SMILES string of the molecule is FC(F)(F)Oc1ccc(C=NNc2nc(Nc3ccc(Cl)cc3)cc(-c3ccccc3)n2)cc1. The van der Waals surface area contributed by atoms with Crippen LogP contribution < -0.4 is 15.5 Å². The zero-order valence-corrected chi connectivity index (χ0v) is 18.2. The van der Waals surface area contributed by atoms with Crippen LogP contribution in [0.5, 0.6) is 5.75 Å². The molecule has 6 nitrogen and oxygen atoms in total. The second kappa shape index (κ2) is 10.2. The first kappa shape index (κ1) is 23.1. The van der Waals surface area contributed by atoms with E-state index in [1.807, 2.05) is 42.5 Å². The molecule has 1 heterocycles. The molecule has 4 rings (SSSR count). The maximum absolute atomic E-state index is 12.3. The number of alkyl halides is 3. The van der Waals surface area contributed by atoms with Gasteiger partial charge in [-0.1, -0.05) is 41.9 Å². The van der Waals surface area contributed by atoms with E-state index in [4.69, 9.17) is 11.6 Å². The predicted molar refractivity (Wildman–Crippen MR) is 127 cm³/mol. The van der Waals surface area contributed by atoms with Gasteiger partial charge in [0.25, 0.3) is 0 Å². The van der Waals surface area contributed by atoms with E-state index in [-0.39, 0.29) is 11.7 Å². The van der Waals surface area contributed by atoms with Gasteiger partial charge >= 0.3 is 6.36 Å². The van der Waals surface area contributed by atoms with Crippen LogP contribution in [0.4, 0.5) is 30.6 Å². The van der Waals surface area contributed by atoms with Gasteiger partial charge in [0, 0.05) is 22.3 Å². The third-order valence-corrected chi connectivity index (χ3v) is 4.66. The van der Waals surface area contributed by atoms with Crippen molar-refractivity contribution in [1.82, 2.24) is 9.97 Å². The van der Waals surface area contributed by atoms with Crippen LogP contribution in [0, 0.1) is 0 Å². The number of hydrogen-bond acceptors (Lipinski definition) is 6. The minimum absolute atomic E-state index is 0.228. The lowest BCUT2D eigenvalue weighted by Crippen LogP contribution is -2.17. The third-order valence-electron chi connectivity index (χ3n) is 4.40. The number of nitrogens with zero attached hydrogens (tertiary/aromatic N) is 3. The van der Waals surface area contributed by atoms with Gasteiger partial charge in [0.05, 0.1) is 11.9 Å². The third kappa shape index (κ3) is 6.69. The fraction of sp³-hybridized carbons (Fsp3) is 0.0417. The fourth-order valence-corrected chi connectivity index (χ4v) is 3.05. The average Bonchev–Trinajstić information content (AvgIpc) is 2.81. The van der Waals surface area contributed by atoms with E-state index >= 15 is 0 Å². The van der Waals surface area contributed by atoms with Gasteiger partial charge in [0.2, 0.25) is 5.95 Å². The van der Waals surface area contributed by atoms with Crippen LogP contribution >= 0.6 is 11.6 Å². The number of rotatable bonds is 7. The number of anilines is 3. The summed E-state index contributed by atoms with van der Waals surface area (Å²) in [4.78, 5) is 8.94. The monoisotopic (exact) mass is 483 g/mol. The number of aromatic nitrogens is 2. The van der Waals surface area contributed by atoms with Gasteiger partial charge in [-0.2, -0.15) is 10.1 Å². The Morgan fingerprint density at radius 2 is 1.59 bits per heavy atom. The average molecular weight is 484 g/mol. The summed E-state index contributed by atoms with van der Waals surface area (Å²) in [6.45, 7) is 0. The van der Waals surface area contributed by atoms with E-state index in [0.29, 0.717) is 22.1 Å². The van der Waals surface area contributed by atoms with Gasteiger partial charge in [-0.05, 0) is 54.1 Å². The molecule has 10 heteroatoms. The molecule has 0 aliphatic heterocycles. The van der Waals surface area contributed by atoms with Crippen LogP contribution in [-0.4, -0.2) is 22.5 Å². The topological polar surface area (TPSA) is 71.4 Å². The van der Waals surface area contributed by atoms with Crippen molar-refractivity contribution in [2.24, 2.45) is 5.10 Å². The number of hydrazone groups is 1. The van der Waals surface area contributed by atoms with E-state index in [1.54, 1.807) is 18.2 Å². The van der Waals surface area contributed by atoms with Crippen LogP contribution in [0.2, 0.25) is 5.02 Å². The van der Waals surface area contributed by atoms with E-state index in [1.165, 1.54) is 30.5 Å². The Morgan fingerprint density at radius 1 is 0.882 bits per heavy atom. The molecule has 0 unspecified atom stereocenters. The Labute approximate surface area is 198 Å². The second-order valence-corrected chi connectivity index (χ2v) is 7.38. The van der Waals surface area contributed by atoms with Crippen molar-refractivity contribution < 1.29 is 17.9 Å². The second-order valence-electron chi connectivity index (χ2n) is 6.95. The highest BCUT2D eigenvalue weighted by Gasteiger charge is 2.30. The first-order chi connectivity index (χ1) is 16.3. The van der Waals surface area contributed by atoms with Crippen LogP contribution in [0.3, 0.4) is 0 Å². The quantitative estimate of drug-likeness (QED) is 0.221. The summed E-state index contributed by atoms with van der Waals surface area (Å²) in [5.41, 5.74) is 5.66. The summed E-state index contributed by atoms with van der Waals surface area (Å²) in [6, 6.07) is 23.8. The Kier molecular flexibility index (Phi) is 6.93. The fourth-order valence-electron chi connectivity index (χ4n) is 2.92. The van der Waals surface area contributed by atoms with Crippen molar-refractivity contribution in [3.8, 4) is 17.0 Å². The van der Waals surface area contributed by atoms with Crippen molar-refractivity contribution in [1.29, 1.82) is 0 Å². The lowest BCUT2D eigenvalue weighted by atomic mass is 10.1. The Morgan fingerprint density at radius 3 is 2.26 bits per heavy atom. The zero-order chi connectivity index (χ0) is 24.0. The molecule has 0 bridgehead atoms. The standard InChI is InChI=1S/C24H17ClF3N5O/c25-18-8-10-19(11-9-18)30-22-14-21(17-4-2-1-3-5-17)31-23(32-22)33-29-15-16-6-12-20(13-7-16)34-24(26,27)28/h1-15H,(H2,30,31,32,33). The van der Waals surface area contributed by atoms with Crippen molar-refractivity contribution in [3.63, 3.8) is 0 Å². The molecule has 1 aromatic heterocycles. The summed E-state index contributed by atoms with van der Waals surface area (Å²) >= 11 is 5.95. The minimum atomic E-state index is -4.74. The molecule has 172 valence electrons. The smallest absolute Gasteiger partial charge is 0.406 e. The highest BCUT2D eigenvalue weighted by atomic mass is 35.5. The number of nitrogens with one attached hydrogen (secondary N) is 2.